The molecular formula is C17H24N6OS. The monoisotopic (exact) mass is 360 g/mol. The molecule has 2 atom stereocenters. The molecule has 0 radical (unpaired) electrons. The number of fused-ring (bicyclic) bond motifs is 1. The highest BCUT2D eigenvalue weighted by Gasteiger charge is 2.27. The topological polar surface area (TPSA) is 69.3 Å². The van der Waals surface area contributed by atoms with Crippen molar-refractivity contribution < 1.29 is 4.74 Å². The van der Waals surface area contributed by atoms with E-state index in [1.165, 1.54) is 0 Å². The third-order valence-electron chi connectivity index (χ3n) is 4.61. The summed E-state index contributed by atoms with van der Waals surface area (Å²) in [4.78, 5) is 9.84. The number of rotatable bonds is 3. The SMILES string of the molecule is Cn1cncc1[C@H]1C[C@@H](Nc2nn3cc(C(C)(C)C)nc3s2)CCO1. The third-order valence-corrected chi connectivity index (χ3v) is 5.46. The van der Waals surface area contributed by atoms with Crippen LogP contribution in [-0.4, -0.2) is 36.8 Å². The first kappa shape index (κ1) is 16.5. The molecule has 1 aliphatic rings. The number of nitrogens with zero attached hydrogens (tertiary/aromatic N) is 5. The van der Waals surface area contributed by atoms with Crippen LogP contribution in [-0.2, 0) is 17.2 Å². The van der Waals surface area contributed by atoms with Gasteiger partial charge in [0.1, 0.15) is 6.10 Å². The van der Waals surface area contributed by atoms with Crippen LogP contribution in [0.15, 0.2) is 18.7 Å². The van der Waals surface area contributed by atoms with Gasteiger partial charge in [-0.1, -0.05) is 32.1 Å². The fourth-order valence-corrected chi connectivity index (χ4v) is 3.96. The van der Waals surface area contributed by atoms with Gasteiger partial charge < -0.3 is 14.6 Å². The van der Waals surface area contributed by atoms with Crippen molar-refractivity contribution in [2.75, 3.05) is 11.9 Å². The van der Waals surface area contributed by atoms with Crippen LogP contribution < -0.4 is 5.32 Å². The van der Waals surface area contributed by atoms with E-state index in [0.717, 1.165) is 40.9 Å². The van der Waals surface area contributed by atoms with Gasteiger partial charge in [-0.2, -0.15) is 0 Å². The van der Waals surface area contributed by atoms with Crippen LogP contribution in [0, 0.1) is 0 Å². The first-order chi connectivity index (χ1) is 11.9. The second-order valence-electron chi connectivity index (χ2n) is 7.66. The zero-order valence-electron chi connectivity index (χ0n) is 15.1. The quantitative estimate of drug-likeness (QED) is 0.777. The normalized spacial score (nSPS) is 21.8. The van der Waals surface area contributed by atoms with Crippen molar-refractivity contribution in [2.45, 2.75) is 51.2 Å². The predicted molar refractivity (Wildman–Crippen MR) is 98.1 cm³/mol. The molecule has 7 nitrogen and oxygen atoms in total. The van der Waals surface area contributed by atoms with Crippen molar-refractivity contribution >= 4 is 21.4 Å². The van der Waals surface area contributed by atoms with Gasteiger partial charge in [-0.05, 0) is 12.8 Å². The van der Waals surface area contributed by atoms with E-state index < -0.39 is 0 Å². The Balaban J connectivity index is 1.47. The number of aryl methyl sites for hydroxylation is 1. The molecule has 25 heavy (non-hydrogen) atoms. The van der Waals surface area contributed by atoms with E-state index in [2.05, 4.69) is 36.2 Å². The summed E-state index contributed by atoms with van der Waals surface area (Å²) in [7, 11) is 2.01. The minimum Gasteiger partial charge on any atom is -0.372 e. The Morgan fingerprint density at radius 3 is 2.88 bits per heavy atom. The summed E-state index contributed by atoms with van der Waals surface area (Å²) in [6.07, 6.45) is 7.70. The van der Waals surface area contributed by atoms with Gasteiger partial charge in [0.05, 0.1) is 30.1 Å². The van der Waals surface area contributed by atoms with Crippen LogP contribution in [0.1, 0.15) is 51.1 Å². The molecule has 0 saturated carbocycles. The van der Waals surface area contributed by atoms with E-state index in [9.17, 15) is 0 Å². The molecule has 1 N–H and O–H groups in total. The lowest BCUT2D eigenvalue weighted by atomic mass is 9.93. The number of aromatic nitrogens is 5. The molecule has 1 fully saturated rings. The molecule has 3 aromatic rings. The Bertz CT molecular complexity index is 842. The summed E-state index contributed by atoms with van der Waals surface area (Å²) >= 11 is 1.60. The highest BCUT2D eigenvalue weighted by atomic mass is 32.1. The summed E-state index contributed by atoms with van der Waals surface area (Å²) < 4.78 is 9.84. The van der Waals surface area contributed by atoms with Crippen molar-refractivity contribution in [2.24, 2.45) is 7.05 Å². The summed E-state index contributed by atoms with van der Waals surface area (Å²) in [6.45, 7) is 7.24. The van der Waals surface area contributed by atoms with Crippen LogP contribution in [0.25, 0.3) is 4.96 Å². The Kier molecular flexibility index (Phi) is 4.04. The van der Waals surface area contributed by atoms with E-state index in [4.69, 9.17) is 9.72 Å². The largest absolute Gasteiger partial charge is 0.372 e. The molecule has 3 aromatic heterocycles. The van der Waals surface area contributed by atoms with E-state index >= 15 is 0 Å². The second kappa shape index (κ2) is 6.10. The molecule has 1 saturated heterocycles. The van der Waals surface area contributed by atoms with Gasteiger partial charge in [0.15, 0.2) is 0 Å². The highest BCUT2D eigenvalue weighted by Crippen LogP contribution is 2.31. The van der Waals surface area contributed by atoms with Gasteiger partial charge >= 0.3 is 0 Å². The lowest BCUT2D eigenvalue weighted by Gasteiger charge is -2.30. The first-order valence-corrected chi connectivity index (χ1v) is 9.43. The van der Waals surface area contributed by atoms with Gasteiger partial charge in [-0.15, -0.1) is 5.10 Å². The van der Waals surface area contributed by atoms with Crippen molar-refractivity contribution in [1.82, 2.24) is 24.1 Å². The zero-order chi connectivity index (χ0) is 17.6. The Labute approximate surface area is 151 Å². The molecule has 0 bridgehead atoms. The molecule has 4 rings (SSSR count). The van der Waals surface area contributed by atoms with E-state index in [1.807, 2.05) is 34.9 Å². The van der Waals surface area contributed by atoms with Crippen LogP contribution >= 0.6 is 11.3 Å². The Hall–Kier alpha value is -1.93. The molecule has 0 unspecified atom stereocenters. The zero-order valence-corrected chi connectivity index (χ0v) is 15.9. The minimum atomic E-state index is 0.0397. The Morgan fingerprint density at radius 2 is 2.20 bits per heavy atom. The number of hydrogen-bond donors (Lipinski definition) is 1. The van der Waals surface area contributed by atoms with E-state index in [-0.39, 0.29) is 11.5 Å². The molecule has 0 aliphatic carbocycles. The molecule has 1 aliphatic heterocycles. The molecule has 134 valence electrons. The van der Waals surface area contributed by atoms with E-state index in [0.29, 0.717) is 6.04 Å². The van der Waals surface area contributed by atoms with Crippen LogP contribution in [0.2, 0.25) is 0 Å². The highest BCUT2D eigenvalue weighted by molar-refractivity contribution is 7.20. The summed E-state index contributed by atoms with van der Waals surface area (Å²) in [5, 5.41) is 9.13. The van der Waals surface area contributed by atoms with Crippen LogP contribution in [0.5, 0.6) is 0 Å². The summed E-state index contributed by atoms with van der Waals surface area (Å²) in [5.74, 6) is 0. The maximum absolute atomic E-state index is 5.93. The van der Waals surface area contributed by atoms with Crippen molar-refractivity contribution in [3.05, 3.63) is 30.1 Å². The van der Waals surface area contributed by atoms with Crippen LogP contribution in [0.3, 0.4) is 0 Å². The standard InChI is InChI=1S/C17H24N6OS/c1-17(2,3)14-9-23-16(20-14)25-15(21-23)19-11-5-6-24-13(7-11)12-8-18-10-22(12)4/h8-11,13H,5-7H2,1-4H3,(H,19,21)/t11-,13+/m0/s1. The number of ether oxygens (including phenoxy) is 1. The Morgan fingerprint density at radius 1 is 1.36 bits per heavy atom. The lowest BCUT2D eigenvalue weighted by Crippen LogP contribution is -2.30. The average Bonchev–Trinajstić information content (AvgIpc) is 3.21. The van der Waals surface area contributed by atoms with Gasteiger partial charge in [0.25, 0.3) is 0 Å². The fourth-order valence-electron chi connectivity index (χ4n) is 3.11. The van der Waals surface area contributed by atoms with Gasteiger partial charge in [0, 0.05) is 25.1 Å². The van der Waals surface area contributed by atoms with Gasteiger partial charge in [0.2, 0.25) is 10.1 Å². The lowest BCUT2D eigenvalue weighted by molar-refractivity contribution is 0.00558. The van der Waals surface area contributed by atoms with Crippen molar-refractivity contribution in [1.29, 1.82) is 0 Å². The van der Waals surface area contributed by atoms with Crippen molar-refractivity contribution in [3.8, 4) is 0 Å². The molecule has 0 aromatic carbocycles. The smallest absolute Gasteiger partial charge is 0.214 e. The van der Waals surface area contributed by atoms with Gasteiger partial charge in [-0.3, -0.25) is 0 Å². The predicted octanol–water partition coefficient (Wildman–Crippen LogP) is 3.15. The molecule has 0 amide bonds. The van der Waals surface area contributed by atoms with Gasteiger partial charge in [-0.25, -0.2) is 14.5 Å². The number of nitrogens with one attached hydrogen (secondary N) is 1. The second-order valence-corrected chi connectivity index (χ2v) is 8.62. The number of anilines is 1. The summed E-state index contributed by atoms with van der Waals surface area (Å²) in [5.41, 5.74) is 2.23. The third kappa shape index (κ3) is 3.28. The maximum Gasteiger partial charge on any atom is 0.214 e. The first-order valence-electron chi connectivity index (χ1n) is 8.61. The molecule has 4 heterocycles. The fraction of sp³-hybridized carbons (Fsp3) is 0.588. The molecular weight excluding hydrogens is 336 g/mol. The summed E-state index contributed by atoms with van der Waals surface area (Å²) in [6, 6.07) is 0.339. The number of hydrogen-bond acceptors (Lipinski definition) is 6. The van der Waals surface area contributed by atoms with Crippen LogP contribution in [0.4, 0.5) is 5.13 Å². The van der Waals surface area contributed by atoms with Crippen molar-refractivity contribution in [3.63, 3.8) is 0 Å². The molecule has 8 heteroatoms. The van der Waals surface area contributed by atoms with E-state index in [1.54, 1.807) is 11.3 Å². The average molecular weight is 360 g/mol. The minimum absolute atomic E-state index is 0.0397. The molecule has 0 spiro atoms. The number of imidazole rings is 2. The maximum atomic E-state index is 5.93.